The van der Waals surface area contributed by atoms with Crippen LogP contribution >= 0.6 is 0 Å². The molecule has 0 saturated carbocycles. The highest BCUT2D eigenvalue weighted by atomic mass is 19.4. The summed E-state index contributed by atoms with van der Waals surface area (Å²) < 4.78 is 67.5. The van der Waals surface area contributed by atoms with E-state index in [9.17, 15) is 22.0 Å². The smallest absolute Gasteiger partial charge is 0.328 e. The van der Waals surface area contributed by atoms with Gasteiger partial charge in [0.1, 0.15) is 5.82 Å². The topological polar surface area (TPSA) is 43.8 Å². The van der Waals surface area contributed by atoms with Gasteiger partial charge in [-0.15, -0.1) is 0 Å². The van der Waals surface area contributed by atoms with E-state index >= 15 is 0 Å². The van der Waals surface area contributed by atoms with Crippen LogP contribution in [-0.4, -0.2) is 9.55 Å². The van der Waals surface area contributed by atoms with E-state index in [1.165, 1.54) is 12.1 Å². The van der Waals surface area contributed by atoms with Crippen molar-refractivity contribution in [2.24, 2.45) is 5.73 Å². The molecule has 2 N–H and O–H groups in total. The van der Waals surface area contributed by atoms with Gasteiger partial charge < -0.3 is 10.3 Å². The SMILES string of the molecule is CC(C)n1cc(C(F)(F)F)nc1-c1ccc(CN)c(F)c1F. The lowest BCUT2D eigenvalue weighted by atomic mass is 10.1. The van der Waals surface area contributed by atoms with Crippen molar-refractivity contribution >= 4 is 0 Å². The molecule has 0 unspecified atom stereocenters. The third-order valence-corrected chi connectivity index (χ3v) is 3.20. The highest BCUT2D eigenvalue weighted by molar-refractivity contribution is 5.58. The molecule has 0 bridgehead atoms. The molecule has 8 heteroatoms. The lowest BCUT2D eigenvalue weighted by Crippen LogP contribution is -2.06. The van der Waals surface area contributed by atoms with Crippen LogP contribution in [0.4, 0.5) is 22.0 Å². The lowest BCUT2D eigenvalue weighted by Gasteiger charge is -2.12. The second kappa shape index (κ2) is 5.68. The summed E-state index contributed by atoms with van der Waals surface area (Å²) in [7, 11) is 0. The quantitative estimate of drug-likeness (QED) is 0.872. The Morgan fingerprint density at radius 3 is 2.32 bits per heavy atom. The van der Waals surface area contributed by atoms with Gasteiger partial charge in [-0.2, -0.15) is 13.2 Å². The molecule has 3 nitrogen and oxygen atoms in total. The first-order valence-corrected chi connectivity index (χ1v) is 6.50. The first-order valence-electron chi connectivity index (χ1n) is 6.50. The largest absolute Gasteiger partial charge is 0.434 e. The summed E-state index contributed by atoms with van der Waals surface area (Å²) in [5, 5.41) is 0. The van der Waals surface area contributed by atoms with Crippen LogP contribution < -0.4 is 5.73 Å². The summed E-state index contributed by atoms with van der Waals surface area (Å²) in [4.78, 5) is 3.43. The van der Waals surface area contributed by atoms with E-state index in [0.717, 1.165) is 10.8 Å². The predicted molar refractivity (Wildman–Crippen MR) is 70.9 cm³/mol. The van der Waals surface area contributed by atoms with Gasteiger partial charge >= 0.3 is 6.18 Å². The number of alkyl halides is 3. The molecular weight excluding hydrogens is 305 g/mol. The average Bonchev–Trinajstić information content (AvgIpc) is 2.87. The van der Waals surface area contributed by atoms with Crippen molar-refractivity contribution < 1.29 is 22.0 Å². The second-order valence-corrected chi connectivity index (χ2v) is 5.05. The van der Waals surface area contributed by atoms with Crippen LogP contribution in [0.25, 0.3) is 11.4 Å². The molecule has 2 rings (SSSR count). The minimum absolute atomic E-state index is 0.0556. The van der Waals surface area contributed by atoms with Gasteiger partial charge in [0.05, 0.1) is 5.56 Å². The first-order chi connectivity index (χ1) is 10.2. The Morgan fingerprint density at radius 1 is 1.18 bits per heavy atom. The molecule has 1 aromatic heterocycles. The Morgan fingerprint density at radius 2 is 1.82 bits per heavy atom. The van der Waals surface area contributed by atoms with Gasteiger partial charge in [0, 0.05) is 24.3 Å². The van der Waals surface area contributed by atoms with E-state index in [0.29, 0.717) is 0 Å². The molecule has 0 amide bonds. The van der Waals surface area contributed by atoms with Gasteiger partial charge in [-0.05, 0) is 19.9 Å². The molecule has 0 fully saturated rings. The Kier molecular flexibility index (Phi) is 4.23. The molecule has 0 aliphatic rings. The fourth-order valence-corrected chi connectivity index (χ4v) is 2.04. The molecule has 0 saturated heterocycles. The number of hydrogen-bond donors (Lipinski definition) is 1. The summed E-state index contributed by atoms with van der Waals surface area (Å²) in [6.07, 6.45) is -3.88. The predicted octanol–water partition coefficient (Wildman–Crippen LogP) is 3.89. The zero-order valence-corrected chi connectivity index (χ0v) is 11.9. The summed E-state index contributed by atoms with van der Waals surface area (Å²) in [6.45, 7) is 3.02. The van der Waals surface area contributed by atoms with Crippen molar-refractivity contribution in [3.8, 4) is 11.4 Å². The van der Waals surface area contributed by atoms with Gasteiger partial charge in [0.25, 0.3) is 0 Å². The highest BCUT2D eigenvalue weighted by Gasteiger charge is 2.35. The Hall–Kier alpha value is -1.96. The van der Waals surface area contributed by atoms with Gasteiger partial charge in [0.15, 0.2) is 17.3 Å². The molecule has 0 aliphatic heterocycles. The summed E-state index contributed by atoms with van der Waals surface area (Å²) in [6, 6.07) is 2.01. The van der Waals surface area contributed by atoms with E-state index < -0.39 is 29.5 Å². The minimum Gasteiger partial charge on any atom is -0.328 e. The number of rotatable bonds is 3. The van der Waals surface area contributed by atoms with Crippen molar-refractivity contribution in [2.45, 2.75) is 32.6 Å². The van der Waals surface area contributed by atoms with E-state index in [1.807, 2.05) is 0 Å². The zero-order chi connectivity index (χ0) is 16.7. The van der Waals surface area contributed by atoms with Gasteiger partial charge in [-0.25, -0.2) is 13.8 Å². The van der Waals surface area contributed by atoms with Crippen LogP contribution in [0.5, 0.6) is 0 Å². The van der Waals surface area contributed by atoms with E-state index in [-0.39, 0.29) is 23.5 Å². The Balaban J connectivity index is 2.67. The normalized spacial score (nSPS) is 12.2. The number of benzene rings is 1. The van der Waals surface area contributed by atoms with Crippen molar-refractivity contribution in [3.05, 3.63) is 41.2 Å². The number of aromatic nitrogens is 2. The van der Waals surface area contributed by atoms with E-state index in [4.69, 9.17) is 5.73 Å². The monoisotopic (exact) mass is 319 g/mol. The van der Waals surface area contributed by atoms with Gasteiger partial charge in [-0.3, -0.25) is 0 Å². The van der Waals surface area contributed by atoms with Crippen LogP contribution in [0, 0.1) is 11.6 Å². The summed E-state index contributed by atoms with van der Waals surface area (Å²) in [5.41, 5.74) is 3.73. The fraction of sp³-hybridized carbons (Fsp3) is 0.357. The number of nitrogens with zero attached hydrogens (tertiary/aromatic N) is 2. The molecule has 2 aromatic rings. The Labute approximate surface area is 123 Å². The molecular formula is C14H14F5N3. The highest BCUT2D eigenvalue weighted by Crippen LogP contribution is 2.34. The summed E-state index contributed by atoms with van der Waals surface area (Å²) >= 11 is 0. The molecule has 0 spiro atoms. The standard InChI is InChI=1S/C14H14F5N3/c1-7(2)22-6-10(14(17,18)19)21-13(22)9-4-3-8(5-20)11(15)12(9)16/h3-4,6-7H,5,20H2,1-2H3. The first kappa shape index (κ1) is 16.4. The third-order valence-electron chi connectivity index (χ3n) is 3.20. The van der Waals surface area contributed by atoms with Gasteiger partial charge in [-0.1, -0.05) is 6.07 Å². The lowest BCUT2D eigenvalue weighted by molar-refractivity contribution is -0.140. The van der Waals surface area contributed by atoms with Crippen molar-refractivity contribution in [1.29, 1.82) is 0 Å². The third kappa shape index (κ3) is 2.83. The molecule has 1 aromatic carbocycles. The average molecular weight is 319 g/mol. The number of imidazole rings is 1. The summed E-state index contributed by atoms with van der Waals surface area (Å²) in [5.74, 6) is -2.71. The Bertz CT molecular complexity index is 689. The van der Waals surface area contributed by atoms with Crippen molar-refractivity contribution in [2.75, 3.05) is 0 Å². The van der Waals surface area contributed by atoms with Crippen LogP contribution in [0.3, 0.4) is 0 Å². The second-order valence-electron chi connectivity index (χ2n) is 5.05. The van der Waals surface area contributed by atoms with Crippen LogP contribution in [0.15, 0.2) is 18.3 Å². The molecule has 120 valence electrons. The molecule has 1 heterocycles. The van der Waals surface area contributed by atoms with Crippen molar-refractivity contribution in [1.82, 2.24) is 9.55 Å². The van der Waals surface area contributed by atoms with Gasteiger partial charge in [0.2, 0.25) is 0 Å². The molecule has 0 atom stereocenters. The van der Waals surface area contributed by atoms with Crippen molar-refractivity contribution in [3.63, 3.8) is 0 Å². The minimum atomic E-state index is -4.67. The maximum atomic E-state index is 14.1. The maximum absolute atomic E-state index is 14.1. The molecule has 22 heavy (non-hydrogen) atoms. The zero-order valence-electron chi connectivity index (χ0n) is 11.9. The number of halogens is 5. The number of hydrogen-bond acceptors (Lipinski definition) is 2. The van der Waals surface area contributed by atoms with Crippen LogP contribution in [-0.2, 0) is 12.7 Å². The van der Waals surface area contributed by atoms with E-state index in [1.54, 1.807) is 13.8 Å². The molecule has 0 radical (unpaired) electrons. The maximum Gasteiger partial charge on any atom is 0.434 e. The van der Waals surface area contributed by atoms with E-state index in [2.05, 4.69) is 4.98 Å². The fourth-order valence-electron chi connectivity index (χ4n) is 2.04. The van der Waals surface area contributed by atoms with Crippen LogP contribution in [0.2, 0.25) is 0 Å². The molecule has 0 aliphatic carbocycles. The van der Waals surface area contributed by atoms with Crippen LogP contribution in [0.1, 0.15) is 31.1 Å². The number of nitrogens with two attached hydrogens (primary N) is 1.